The topological polar surface area (TPSA) is 37.3 Å². The molecule has 0 saturated heterocycles. The molecule has 0 aromatic rings. The van der Waals surface area contributed by atoms with Crippen LogP contribution < -0.4 is 0 Å². The van der Waals surface area contributed by atoms with Crippen molar-refractivity contribution in [1.29, 1.82) is 0 Å². The number of hydrogen-bond acceptors (Lipinski definition) is 3. The third-order valence-electron chi connectivity index (χ3n) is 0.752. The fourth-order valence-electron chi connectivity index (χ4n) is 0.206. The predicted octanol–water partition coefficient (Wildman–Crippen LogP) is 2.98. The Kier molecular flexibility index (Phi) is 5.12. The summed E-state index contributed by atoms with van der Waals surface area (Å²) in [5.41, 5.74) is 0. The minimum atomic E-state index is -2.85. The summed E-state index contributed by atoms with van der Waals surface area (Å²) in [7, 11) is 2.58. The molecule has 0 spiro atoms. The average Bonchev–Trinajstić information content (AvgIpc) is 1.85. The average molecular weight is 200 g/mol. The van der Waals surface area contributed by atoms with Crippen molar-refractivity contribution in [2.24, 2.45) is 0 Å². The minimum Gasteiger partial charge on any atom is -0.336 e. The molecule has 0 rings (SSSR count). The summed E-state index contributed by atoms with van der Waals surface area (Å²) < 4.78 is 11.0. The van der Waals surface area contributed by atoms with Crippen molar-refractivity contribution in [2.75, 3.05) is 6.16 Å². The highest BCUT2D eigenvalue weighted by Gasteiger charge is 2.16. The summed E-state index contributed by atoms with van der Waals surface area (Å²) in [5.74, 6) is 0. The molecule has 1 N–H and O–H groups in total. The van der Waals surface area contributed by atoms with Gasteiger partial charge in [-0.25, -0.2) is 0 Å². The lowest BCUT2D eigenvalue weighted by atomic mass is 10.6. The molecule has 0 radical (unpaired) electrons. The van der Waals surface area contributed by atoms with E-state index in [-0.39, 0.29) is 0 Å². The van der Waals surface area contributed by atoms with Gasteiger partial charge in [0.15, 0.2) is 0 Å². The van der Waals surface area contributed by atoms with E-state index in [1.165, 1.54) is 10.8 Å². The van der Waals surface area contributed by atoms with Crippen molar-refractivity contribution in [2.45, 2.75) is 26.0 Å². The van der Waals surface area contributed by atoms with Crippen molar-refractivity contribution in [3.63, 3.8) is 0 Å². The molecule has 1 unspecified atom stereocenters. The van der Waals surface area contributed by atoms with Crippen LogP contribution in [0.1, 0.15) is 20.8 Å². The van der Waals surface area contributed by atoms with E-state index < -0.39 is 6.57 Å². The second kappa shape index (κ2) is 4.70. The second-order valence-corrected chi connectivity index (χ2v) is 9.44. The van der Waals surface area contributed by atoms with Gasteiger partial charge in [0.25, 0.3) is 6.57 Å². The Balaban J connectivity index is 3.58. The quantitative estimate of drug-likeness (QED) is 0.559. The van der Waals surface area contributed by atoms with Crippen molar-refractivity contribution in [3.05, 3.63) is 0 Å². The van der Waals surface area contributed by atoms with Crippen LogP contribution in [0.5, 0.6) is 0 Å². The fourth-order valence-corrected chi connectivity index (χ4v) is 5.56. The SMILES string of the molecule is CCP(=O)(O)SSC(C)C. The highest BCUT2D eigenvalue weighted by atomic mass is 33.3. The largest absolute Gasteiger partial charge is 0.336 e. The predicted molar refractivity (Wildman–Crippen MR) is 50.7 cm³/mol. The third-order valence-corrected chi connectivity index (χ3v) is 8.01. The molecule has 0 fully saturated rings. The van der Waals surface area contributed by atoms with E-state index in [4.69, 9.17) is 4.89 Å². The molecule has 0 amide bonds. The first-order valence-electron chi connectivity index (χ1n) is 3.15. The van der Waals surface area contributed by atoms with E-state index in [1.54, 1.807) is 6.92 Å². The van der Waals surface area contributed by atoms with Gasteiger partial charge in [0, 0.05) is 11.4 Å². The first kappa shape index (κ1) is 10.9. The summed E-state index contributed by atoms with van der Waals surface area (Å²) in [6.07, 6.45) is 0.359. The van der Waals surface area contributed by atoms with Crippen molar-refractivity contribution >= 4 is 27.8 Å². The van der Waals surface area contributed by atoms with Crippen LogP contribution in [0.4, 0.5) is 0 Å². The lowest BCUT2D eigenvalue weighted by molar-refractivity contribution is 0.499. The highest BCUT2D eigenvalue weighted by Crippen LogP contribution is 2.60. The van der Waals surface area contributed by atoms with Crippen LogP contribution in [0.25, 0.3) is 0 Å². The molecule has 62 valence electrons. The highest BCUT2D eigenvalue weighted by molar-refractivity contribution is 8.99. The van der Waals surface area contributed by atoms with E-state index in [1.807, 2.05) is 13.8 Å². The van der Waals surface area contributed by atoms with Crippen LogP contribution in [-0.4, -0.2) is 16.3 Å². The van der Waals surface area contributed by atoms with Gasteiger partial charge in [0.05, 0.1) is 0 Å². The lowest BCUT2D eigenvalue weighted by Gasteiger charge is -2.07. The van der Waals surface area contributed by atoms with E-state index in [0.717, 1.165) is 10.4 Å². The van der Waals surface area contributed by atoms with Crippen molar-refractivity contribution in [1.82, 2.24) is 0 Å². The molecule has 0 saturated carbocycles. The Morgan fingerprint density at radius 2 is 2.10 bits per heavy atom. The van der Waals surface area contributed by atoms with E-state index in [2.05, 4.69) is 0 Å². The molecular formula is C5H13O2PS2. The van der Waals surface area contributed by atoms with Gasteiger partial charge >= 0.3 is 0 Å². The molecule has 0 aromatic heterocycles. The molecule has 2 nitrogen and oxygen atoms in total. The van der Waals surface area contributed by atoms with Gasteiger partial charge in [-0.05, 0) is 10.4 Å². The molecule has 0 aliphatic carbocycles. The maximum atomic E-state index is 11.0. The zero-order valence-corrected chi connectivity index (χ0v) is 8.93. The maximum Gasteiger partial charge on any atom is 0.265 e. The van der Waals surface area contributed by atoms with Crippen LogP contribution in [0.2, 0.25) is 0 Å². The maximum absolute atomic E-state index is 11.0. The van der Waals surface area contributed by atoms with Gasteiger partial charge in [0.2, 0.25) is 0 Å². The zero-order chi connectivity index (χ0) is 8.20. The van der Waals surface area contributed by atoms with Crippen molar-refractivity contribution in [3.8, 4) is 0 Å². The summed E-state index contributed by atoms with van der Waals surface area (Å²) >= 11 is 0. The molecule has 0 aliphatic rings. The smallest absolute Gasteiger partial charge is 0.265 e. The minimum absolute atomic E-state index is 0.359. The summed E-state index contributed by atoms with van der Waals surface area (Å²) in [6, 6.07) is 0. The molecule has 5 heteroatoms. The van der Waals surface area contributed by atoms with E-state index >= 15 is 0 Å². The summed E-state index contributed by atoms with van der Waals surface area (Å²) in [4.78, 5) is 9.07. The summed E-state index contributed by atoms with van der Waals surface area (Å²) in [6.45, 7) is 2.90. The standard InChI is InChI=1S/C5H13O2PS2/c1-4-8(6,7)10-9-5(2)3/h5H,4H2,1-3H3,(H,6,7). The molecular weight excluding hydrogens is 187 g/mol. The molecule has 0 aromatic carbocycles. The number of rotatable bonds is 4. The Morgan fingerprint density at radius 1 is 1.60 bits per heavy atom. The van der Waals surface area contributed by atoms with Crippen LogP contribution in [-0.2, 0) is 4.57 Å². The normalized spacial score (nSPS) is 17.3. The first-order chi connectivity index (χ1) is 4.48. The van der Waals surface area contributed by atoms with Crippen LogP contribution in [0.3, 0.4) is 0 Å². The third kappa shape index (κ3) is 5.66. The molecule has 1 atom stereocenters. The Labute approximate surface area is 69.8 Å². The van der Waals surface area contributed by atoms with Gasteiger partial charge in [-0.2, -0.15) is 0 Å². The van der Waals surface area contributed by atoms with Gasteiger partial charge < -0.3 is 4.89 Å². The first-order valence-corrected chi connectivity index (χ1v) is 7.81. The fraction of sp³-hybridized carbons (Fsp3) is 1.00. The molecule has 10 heavy (non-hydrogen) atoms. The van der Waals surface area contributed by atoms with Gasteiger partial charge in [-0.3, -0.25) is 4.57 Å². The molecule has 0 heterocycles. The molecule has 0 bridgehead atoms. The Morgan fingerprint density at radius 3 is 2.40 bits per heavy atom. The van der Waals surface area contributed by atoms with Crippen molar-refractivity contribution < 1.29 is 9.46 Å². The van der Waals surface area contributed by atoms with Crippen LogP contribution in [0, 0.1) is 0 Å². The Bertz CT molecular complexity index is 138. The van der Waals surface area contributed by atoms with Gasteiger partial charge in [-0.1, -0.05) is 31.6 Å². The Hall–Kier alpha value is 0.890. The van der Waals surface area contributed by atoms with Gasteiger partial charge in [-0.15, -0.1) is 0 Å². The summed E-state index contributed by atoms with van der Waals surface area (Å²) in [5, 5.41) is 0.414. The zero-order valence-electron chi connectivity index (χ0n) is 6.40. The van der Waals surface area contributed by atoms with E-state index in [9.17, 15) is 4.57 Å². The second-order valence-electron chi connectivity index (χ2n) is 2.17. The molecule has 0 aliphatic heterocycles. The van der Waals surface area contributed by atoms with Crippen LogP contribution in [0.15, 0.2) is 0 Å². The van der Waals surface area contributed by atoms with Crippen LogP contribution >= 0.6 is 27.8 Å². The monoisotopic (exact) mass is 200 g/mol. The van der Waals surface area contributed by atoms with Gasteiger partial charge in [0.1, 0.15) is 0 Å². The number of hydrogen-bond donors (Lipinski definition) is 1. The van der Waals surface area contributed by atoms with E-state index in [0.29, 0.717) is 11.4 Å². The lowest BCUT2D eigenvalue weighted by Crippen LogP contribution is -1.82.